The molecule has 0 aliphatic carbocycles. The Morgan fingerprint density at radius 2 is 2.21 bits per heavy atom. The van der Waals surface area contributed by atoms with Crippen molar-refractivity contribution in [2.24, 2.45) is 0 Å². The first-order chi connectivity index (χ1) is 9.00. The van der Waals surface area contributed by atoms with Crippen molar-refractivity contribution >= 4 is 17.7 Å². The molecule has 0 bridgehead atoms. The molecule has 1 unspecified atom stereocenters. The molecule has 4 nitrogen and oxygen atoms in total. The van der Waals surface area contributed by atoms with Gasteiger partial charge in [0.05, 0.1) is 5.56 Å². The normalized spacial score (nSPS) is 19.4. The molecule has 0 radical (unpaired) electrons. The molecule has 1 aromatic heterocycles. The minimum absolute atomic E-state index is 0.0915. The van der Waals surface area contributed by atoms with E-state index in [1.54, 1.807) is 18.4 Å². The molecule has 104 valence electrons. The molecule has 5 heteroatoms. The summed E-state index contributed by atoms with van der Waals surface area (Å²) in [4.78, 5) is 23.3. The van der Waals surface area contributed by atoms with E-state index in [4.69, 9.17) is 0 Å². The summed E-state index contributed by atoms with van der Waals surface area (Å²) >= 11 is 1.89. The topological polar surface area (TPSA) is 59.3 Å². The zero-order chi connectivity index (χ0) is 14.0. The number of aromatic nitrogens is 1. The minimum Gasteiger partial charge on any atom is -0.478 e. The Balaban J connectivity index is 2.36. The molecule has 1 aromatic rings. The molecule has 0 aromatic carbocycles. The molecule has 0 spiro atoms. The van der Waals surface area contributed by atoms with E-state index in [0.29, 0.717) is 23.1 Å². The lowest BCUT2D eigenvalue weighted by Crippen LogP contribution is -2.30. The predicted octanol–water partition coefficient (Wildman–Crippen LogP) is 2.45. The fourth-order valence-electron chi connectivity index (χ4n) is 2.63. The van der Waals surface area contributed by atoms with E-state index in [1.165, 1.54) is 18.9 Å². The number of aryl methyl sites for hydroxylation is 1. The highest BCUT2D eigenvalue weighted by Gasteiger charge is 2.20. The zero-order valence-corrected chi connectivity index (χ0v) is 12.1. The Kier molecular flexibility index (Phi) is 4.34. The summed E-state index contributed by atoms with van der Waals surface area (Å²) in [7, 11) is 0. The first-order valence-corrected chi connectivity index (χ1v) is 7.61. The molecule has 1 N–H and O–H groups in total. The minimum atomic E-state index is -0.958. The standard InChI is InChI=1S/C14H19NO3S/c1-9-7-12(16)15(10(2)13(9)14(17)18)8-11-5-3-4-6-19-11/h7,11H,3-6,8H2,1-2H3,(H,17,18). The van der Waals surface area contributed by atoms with Crippen LogP contribution in [0.5, 0.6) is 0 Å². The van der Waals surface area contributed by atoms with Gasteiger partial charge in [0.1, 0.15) is 0 Å². The van der Waals surface area contributed by atoms with Crippen molar-refractivity contribution in [3.63, 3.8) is 0 Å². The smallest absolute Gasteiger partial charge is 0.337 e. The summed E-state index contributed by atoms with van der Waals surface area (Å²) in [5.41, 5.74) is 1.29. The molecule has 2 rings (SSSR count). The first-order valence-electron chi connectivity index (χ1n) is 6.56. The molecular formula is C14H19NO3S. The lowest BCUT2D eigenvalue weighted by molar-refractivity contribution is 0.0694. The second-order valence-corrected chi connectivity index (χ2v) is 6.44. The first kappa shape index (κ1) is 14.2. The van der Waals surface area contributed by atoms with Crippen LogP contribution in [0.25, 0.3) is 0 Å². The maximum atomic E-state index is 12.1. The number of aromatic carboxylic acids is 1. The van der Waals surface area contributed by atoms with Crippen LogP contribution < -0.4 is 5.56 Å². The van der Waals surface area contributed by atoms with Gasteiger partial charge in [-0.25, -0.2) is 4.79 Å². The largest absolute Gasteiger partial charge is 0.478 e. The monoisotopic (exact) mass is 281 g/mol. The number of carbonyl (C=O) groups is 1. The molecular weight excluding hydrogens is 262 g/mol. The summed E-state index contributed by atoms with van der Waals surface area (Å²) < 4.78 is 1.62. The Hall–Kier alpha value is -1.23. The second-order valence-electron chi connectivity index (χ2n) is 5.03. The molecule has 2 heterocycles. The fraction of sp³-hybridized carbons (Fsp3) is 0.571. The van der Waals surface area contributed by atoms with Gasteiger partial charge in [-0.2, -0.15) is 11.8 Å². The average Bonchev–Trinajstić information content (AvgIpc) is 2.35. The predicted molar refractivity (Wildman–Crippen MR) is 77.2 cm³/mol. The van der Waals surface area contributed by atoms with E-state index in [2.05, 4.69) is 0 Å². The van der Waals surface area contributed by atoms with Gasteiger partial charge in [0.2, 0.25) is 0 Å². The Bertz CT molecular complexity index is 544. The number of hydrogen-bond acceptors (Lipinski definition) is 3. The van der Waals surface area contributed by atoms with Gasteiger partial charge in [-0.15, -0.1) is 0 Å². The maximum absolute atomic E-state index is 12.1. The van der Waals surface area contributed by atoms with Crippen molar-refractivity contribution in [3.8, 4) is 0 Å². The third-order valence-electron chi connectivity index (χ3n) is 3.64. The SMILES string of the molecule is Cc1cc(=O)n(CC2CCCCS2)c(C)c1C(=O)O. The summed E-state index contributed by atoms with van der Waals surface area (Å²) in [6, 6.07) is 1.43. The Labute approximate surface area is 116 Å². The fourth-order valence-corrected chi connectivity index (χ4v) is 3.92. The molecule has 0 amide bonds. The van der Waals surface area contributed by atoms with Crippen LogP contribution in [0.4, 0.5) is 0 Å². The number of nitrogens with zero attached hydrogens (tertiary/aromatic N) is 1. The molecule has 1 aliphatic rings. The van der Waals surface area contributed by atoms with E-state index in [0.717, 1.165) is 12.2 Å². The number of rotatable bonds is 3. The average molecular weight is 281 g/mol. The van der Waals surface area contributed by atoms with Crippen molar-refractivity contribution < 1.29 is 9.90 Å². The van der Waals surface area contributed by atoms with Gasteiger partial charge >= 0.3 is 5.97 Å². The maximum Gasteiger partial charge on any atom is 0.337 e. The Morgan fingerprint density at radius 1 is 1.47 bits per heavy atom. The van der Waals surface area contributed by atoms with E-state index in [1.807, 2.05) is 11.8 Å². The molecule has 1 aliphatic heterocycles. The highest BCUT2D eigenvalue weighted by molar-refractivity contribution is 7.99. The second kappa shape index (κ2) is 5.82. The molecule has 0 saturated carbocycles. The quantitative estimate of drug-likeness (QED) is 0.924. The highest BCUT2D eigenvalue weighted by Crippen LogP contribution is 2.26. The van der Waals surface area contributed by atoms with E-state index < -0.39 is 5.97 Å². The number of carboxylic acid groups (broad SMARTS) is 1. The van der Waals surface area contributed by atoms with E-state index in [-0.39, 0.29) is 11.1 Å². The lowest BCUT2D eigenvalue weighted by atomic mass is 10.1. The van der Waals surface area contributed by atoms with Crippen LogP contribution in [0, 0.1) is 13.8 Å². The van der Waals surface area contributed by atoms with Gasteiger partial charge in [-0.1, -0.05) is 6.42 Å². The highest BCUT2D eigenvalue weighted by atomic mass is 32.2. The van der Waals surface area contributed by atoms with Crippen LogP contribution in [0.15, 0.2) is 10.9 Å². The van der Waals surface area contributed by atoms with Crippen molar-refractivity contribution in [2.45, 2.75) is 44.9 Å². The van der Waals surface area contributed by atoms with Crippen molar-refractivity contribution in [2.75, 3.05) is 5.75 Å². The number of thioether (sulfide) groups is 1. The molecule has 1 atom stereocenters. The summed E-state index contributed by atoms with van der Waals surface area (Å²) in [6.45, 7) is 4.03. The third kappa shape index (κ3) is 3.03. The van der Waals surface area contributed by atoms with Crippen LogP contribution in [0.2, 0.25) is 0 Å². The molecule has 1 saturated heterocycles. The summed E-state index contributed by atoms with van der Waals surface area (Å²) in [5, 5.41) is 9.67. The van der Waals surface area contributed by atoms with Crippen LogP contribution in [0.3, 0.4) is 0 Å². The van der Waals surface area contributed by atoms with Crippen LogP contribution in [-0.4, -0.2) is 26.6 Å². The van der Waals surface area contributed by atoms with Gasteiger partial charge in [0.15, 0.2) is 0 Å². The van der Waals surface area contributed by atoms with E-state index in [9.17, 15) is 14.7 Å². The third-order valence-corrected chi connectivity index (χ3v) is 5.02. The number of hydrogen-bond donors (Lipinski definition) is 1. The van der Waals surface area contributed by atoms with Crippen LogP contribution in [-0.2, 0) is 6.54 Å². The number of carboxylic acids is 1. The van der Waals surface area contributed by atoms with E-state index >= 15 is 0 Å². The van der Waals surface area contributed by atoms with Gasteiger partial charge in [-0.3, -0.25) is 4.79 Å². The van der Waals surface area contributed by atoms with Gasteiger partial charge < -0.3 is 9.67 Å². The van der Waals surface area contributed by atoms with Crippen molar-refractivity contribution in [3.05, 3.63) is 33.2 Å². The van der Waals surface area contributed by atoms with Crippen molar-refractivity contribution in [1.82, 2.24) is 4.57 Å². The number of pyridine rings is 1. The molecule has 1 fully saturated rings. The van der Waals surface area contributed by atoms with Crippen LogP contribution in [0.1, 0.15) is 40.9 Å². The van der Waals surface area contributed by atoms with Crippen molar-refractivity contribution in [1.29, 1.82) is 0 Å². The van der Waals surface area contributed by atoms with Gasteiger partial charge in [0, 0.05) is 23.6 Å². The molecule has 19 heavy (non-hydrogen) atoms. The lowest BCUT2D eigenvalue weighted by Gasteiger charge is -2.23. The summed E-state index contributed by atoms with van der Waals surface area (Å²) in [5.74, 6) is 0.177. The summed E-state index contributed by atoms with van der Waals surface area (Å²) in [6.07, 6.45) is 3.54. The van der Waals surface area contributed by atoms with Gasteiger partial charge in [-0.05, 0) is 38.0 Å². The zero-order valence-electron chi connectivity index (χ0n) is 11.3. The Morgan fingerprint density at radius 3 is 2.79 bits per heavy atom. The van der Waals surface area contributed by atoms with Crippen LogP contribution >= 0.6 is 11.8 Å². The van der Waals surface area contributed by atoms with Gasteiger partial charge in [0.25, 0.3) is 5.56 Å².